The number of likely N-dealkylation sites (tertiary alicyclic amines) is 1. The number of fused-ring (bicyclic) bond motifs is 1. The number of hydrogen-bond donors (Lipinski definition) is 0. The Morgan fingerprint density at radius 2 is 1.68 bits per heavy atom. The Bertz CT molecular complexity index is 1330. The first kappa shape index (κ1) is 28.3. The van der Waals surface area contributed by atoms with Gasteiger partial charge in [0, 0.05) is 44.6 Å². The van der Waals surface area contributed by atoms with Crippen LogP contribution in [0.25, 0.3) is 10.2 Å². The molecule has 4 rings (SSSR count). The number of amides is 1. The normalized spacial score (nSPS) is 15.1. The lowest BCUT2D eigenvalue weighted by Crippen LogP contribution is -2.41. The van der Waals surface area contributed by atoms with Gasteiger partial charge in [-0.15, -0.1) is 0 Å². The Labute approximate surface area is 229 Å². The molecule has 38 heavy (non-hydrogen) atoms. The first-order valence-corrected chi connectivity index (χ1v) is 15.3. The van der Waals surface area contributed by atoms with Crippen LogP contribution in [0, 0.1) is 11.8 Å². The molecule has 1 saturated heterocycles. The van der Waals surface area contributed by atoms with Gasteiger partial charge in [0.1, 0.15) is 11.9 Å². The molecule has 2 heterocycles. The highest BCUT2D eigenvalue weighted by atomic mass is 32.2. The Kier molecular flexibility index (Phi) is 8.95. The van der Waals surface area contributed by atoms with Gasteiger partial charge in [0.2, 0.25) is 10.0 Å². The van der Waals surface area contributed by atoms with Crippen LogP contribution in [-0.2, 0) is 10.0 Å². The molecule has 0 N–H and O–H groups in total. The molecule has 1 aromatic heterocycles. The number of aromatic nitrogens is 1. The van der Waals surface area contributed by atoms with Gasteiger partial charge in [-0.25, -0.2) is 13.4 Å². The maximum atomic E-state index is 13.3. The van der Waals surface area contributed by atoms with Gasteiger partial charge in [-0.1, -0.05) is 39.0 Å². The monoisotopic (exact) mass is 559 g/mol. The molecule has 1 amide bonds. The highest BCUT2D eigenvalue weighted by Crippen LogP contribution is 2.32. The summed E-state index contributed by atoms with van der Waals surface area (Å²) in [5, 5.41) is 0.624. The number of nitrogens with zero attached hydrogens (tertiary/aromatic N) is 3. The maximum Gasteiger partial charge on any atom is 0.274 e. The second kappa shape index (κ2) is 12.0. The standard InChI is InChI=1S/C28H37N3O5S2/c1-19(2)17-31(18-20(3)4)38(33,34)24-9-6-21(7-10-24)27(32)30-14-12-22(13-15-30)36-28-29-25-11-8-23(35-5)16-26(25)37-28/h6-11,16,19-20,22H,12-15,17-18H2,1-5H3. The summed E-state index contributed by atoms with van der Waals surface area (Å²) in [4.78, 5) is 19.7. The van der Waals surface area contributed by atoms with Gasteiger partial charge in [0.05, 0.1) is 22.2 Å². The summed E-state index contributed by atoms with van der Waals surface area (Å²) < 4.78 is 40.5. The van der Waals surface area contributed by atoms with E-state index in [4.69, 9.17) is 9.47 Å². The van der Waals surface area contributed by atoms with Crippen molar-refractivity contribution < 1.29 is 22.7 Å². The van der Waals surface area contributed by atoms with E-state index >= 15 is 0 Å². The summed E-state index contributed by atoms with van der Waals surface area (Å²) in [6, 6.07) is 12.1. The second-order valence-corrected chi connectivity index (χ2v) is 13.5. The summed E-state index contributed by atoms with van der Waals surface area (Å²) in [5.41, 5.74) is 1.36. The van der Waals surface area contributed by atoms with Gasteiger partial charge in [-0.05, 0) is 54.3 Å². The van der Waals surface area contributed by atoms with Crippen LogP contribution in [0.5, 0.6) is 10.9 Å². The smallest absolute Gasteiger partial charge is 0.274 e. The Morgan fingerprint density at radius 3 is 2.26 bits per heavy atom. The van der Waals surface area contributed by atoms with Gasteiger partial charge in [-0.2, -0.15) is 4.31 Å². The predicted octanol–water partition coefficient (Wildman–Crippen LogP) is 5.29. The predicted molar refractivity (Wildman–Crippen MR) is 151 cm³/mol. The lowest BCUT2D eigenvalue weighted by Gasteiger charge is -2.31. The van der Waals surface area contributed by atoms with Crippen molar-refractivity contribution in [3.05, 3.63) is 48.0 Å². The number of sulfonamides is 1. The molecule has 2 aromatic carbocycles. The Hall–Kier alpha value is -2.69. The molecule has 3 aromatic rings. The van der Waals surface area contributed by atoms with E-state index in [2.05, 4.69) is 4.98 Å². The first-order chi connectivity index (χ1) is 18.1. The highest BCUT2D eigenvalue weighted by molar-refractivity contribution is 7.89. The summed E-state index contributed by atoms with van der Waals surface area (Å²) in [5.74, 6) is 1.12. The molecule has 1 aliphatic rings. The topological polar surface area (TPSA) is 89.0 Å². The Morgan fingerprint density at radius 1 is 1.05 bits per heavy atom. The van der Waals surface area contributed by atoms with Crippen LogP contribution >= 0.6 is 11.3 Å². The molecule has 0 bridgehead atoms. The van der Waals surface area contributed by atoms with E-state index < -0.39 is 10.0 Å². The zero-order chi connectivity index (χ0) is 27.4. The summed E-state index contributed by atoms with van der Waals surface area (Å²) in [6.45, 7) is 10.1. The Balaban J connectivity index is 1.36. The fourth-order valence-corrected chi connectivity index (χ4v) is 7.24. The summed E-state index contributed by atoms with van der Waals surface area (Å²) in [7, 11) is -1.99. The average molecular weight is 560 g/mol. The van der Waals surface area contributed by atoms with Crippen molar-refractivity contribution in [2.24, 2.45) is 11.8 Å². The van der Waals surface area contributed by atoms with Crippen LogP contribution in [0.4, 0.5) is 0 Å². The van der Waals surface area contributed by atoms with E-state index in [1.165, 1.54) is 11.3 Å². The molecule has 206 valence electrons. The van der Waals surface area contributed by atoms with E-state index in [-0.39, 0.29) is 28.7 Å². The van der Waals surface area contributed by atoms with E-state index in [0.717, 1.165) is 16.0 Å². The van der Waals surface area contributed by atoms with E-state index in [1.54, 1.807) is 40.6 Å². The van der Waals surface area contributed by atoms with Gasteiger partial charge in [-0.3, -0.25) is 4.79 Å². The van der Waals surface area contributed by atoms with Crippen LogP contribution in [0.3, 0.4) is 0 Å². The SMILES string of the molecule is COc1ccc2nc(OC3CCN(C(=O)c4ccc(S(=O)(=O)N(CC(C)C)CC(C)C)cc4)CC3)sc2c1. The molecule has 10 heteroatoms. The van der Waals surface area contributed by atoms with Crippen molar-refractivity contribution >= 4 is 37.5 Å². The van der Waals surface area contributed by atoms with Crippen molar-refractivity contribution in [2.75, 3.05) is 33.3 Å². The minimum absolute atomic E-state index is 0.0121. The zero-order valence-corrected chi connectivity index (χ0v) is 24.3. The quantitative estimate of drug-likeness (QED) is 0.335. The fourth-order valence-electron chi connectivity index (χ4n) is 4.57. The minimum atomic E-state index is -3.63. The molecule has 0 unspecified atom stereocenters. The van der Waals surface area contributed by atoms with Crippen LogP contribution in [0.15, 0.2) is 47.4 Å². The van der Waals surface area contributed by atoms with Crippen LogP contribution < -0.4 is 9.47 Å². The minimum Gasteiger partial charge on any atom is -0.497 e. The van der Waals surface area contributed by atoms with Crippen molar-refractivity contribution in [1.29, 1.82) is 0 Å². The number of piperidine rings is 1. The van der Waals surface area contributed by atoms with Gasteiger partial charge in [0.15, 0.2) is 0 Å². The molecule has 0 spiro atoms. The largest absolute Gasteiger partial charge is 0.497 e. The summed E-state index contributed by atoms with van der Waals surface area (Å²) in [6.07, 6.45) is 1.40. The molecule has 0 radical (unpaired) electrons. The average Bonchev–Trinajstić information content (AvgIpc) is 3.29. The number of methoxy groups -OCH3 is 1. The van der Waals surface area contributed by atoms with E-state index in [1.807, 2.05) is 45.9 Å². The van der Waals surface area contributed by atoms with Gasteiger partial charge in [0.25, 0.3) is 11.1 Å². The lowest BCUT2D eigenvalue weighted by molar-refractivity contribution is 0.0595. The highest BCUT2D eigenvalue weighted by Gasteiger charge is 2.28. The molecule has 0 atom stereocenters. The number of rotatable bonds is 10. The summed E-state index contributed by atoms with van der Waals surface area (Å²) >= 11 is 1.49. The number of thiazole rings is 1. The zero-order valence-electron chi connectivity index (χ0n) is 22.7. The molecule has 8 nitrogen and oxygen atoms in total. The number of benzene rings is 2. The molecular weight excluding hydrogens is 522 g/mol. The molecule has 0 aliphatic carbocycles. The third-order valence-electron chi connectivity index (χ3n) is 6.45. The third kappa shape index (κ3) is 6.65. The van der Waals surface area contributed by atoms with Crippen LogP contribution in [-0.4, -0.2) is 67.9 Å². The van der Waals surface area contributed by atoms with Crippen molar-refractivity contribution in [3.8, 4) is 10.9 Å². The van der Waals surface area contributed by atoms with Crippen LogP contribution in [0.1, 0.15) is 50.9 Å². The van der Waals surface area contributed by atoms with Crippen LogP contribution in [0.2, 0.25) is 0 Å². The number of carbonyl (C=O) groups is 1. The third-order valence-corrected chi connectivity index (χ3v) is 9.20. The molecular formula is C28H37N3O5S2. The first-order valence-electron chi connectivity index (χ1n) is 13.1. The second-order valence-electron chi connectivity index (χ2n) is 10.6. The van der Waals surface area contributed by atoms with Crippen molar-refractivity contribution in [1.82, 2.24) is 14.2 Å². The maximum absolute atomic E-state index is 13.3. The molecule has 1 fully saturated rings. The van der Waals surface area contributed by atoms with Crippen molar-refractivity contribution in [2.45, 2.75) is 51.5 Å². The van der Waals surface area contributed by atoms with E-state index in [9.17, 15) is 13.2 Å². The molecule has 0 saturated carbocycles. The number of carbonyl (C=O) groups excluding carboxylic acids is 1. The van der Waals surface area contributed by atoms with E-state index in [0.29, 0.717) is 49.8 Å². The number of ether oxygens (including phenoxy) is 2. The van der Waals surface area contributed by atoms with Gasteiger partial charge < -0.3 is 14.4 Å². The van der Waals surface area contributed by atoms with Gasteiger partial charge >= 0.3 is 0 Å². The molecule has 1 aliphatic heterocycles. The number of hydrogen-bond acceptors (Lipinski definition) is 7. The van der Waals surface area contributed by atoms with Crippen molar-refractivity contribution in [3.63, 3.8) is 0 Å². The lowest BCUT2D eigenvalue weighted by atomic mass is 10.1. The fraction of sp³-hybridized carbons (Fsp3) is 0.500.